The number of benzene rings is 1. The molecule has 26 heavy (non-hydrogen) atoms. The third kappa shape index (κ3) is 4.05. The number of nitrogens with one attached hydrogen (secondary N) is 1. The Hall–Kier alpha value is -2.38. The zero-order chi connectivity index (χ0) is 18.7. The third-order valence-electron chi connectivity index (χ3n) is 5.07. The van der Waals surface area contributed by atoms with Gasteiger partial charge in [0.05, 0.1) is 5.56 Å². The molecule has 4 heteroatoms. The molecule has 0 aliphatic heterocycles. The van der Waals surface area contributed by atoms with E-state index in [1.54, 1.807) is 17.4 Å². The molecule has 0 unspecified atom stereocenters. The summed E-state index contributed by atoms with van der Waals surface area (Å²) in [5, 5.41) is 13.2. The van der Waals surface area contributed by atoms with Gasteiger partial charge in [-0.05, 0) is 47.8 Å². The number of fused-ring (bicyclic) bond motifs is 1. The second-order valence-electron chi connectivity index (χ2n) is 7.86. The van der Waals surface area contributed by atoms with Crippen LogP contribution < -0.4 is 5.32 Å². The number of carbonyl (C=O) groups excluding carboxylic acids is 1. The molecule has 0 saturated heterocycles. The molecule has 1 aliphatic carbocycles. The molecule has 1 aromatic carbocycles. The third-order valence-corrected chi connectivity index (χ3v) is 6.24. The Morgan fingerprint density at radius 1 is 1.31 bits per heavy atom. The standard InChI is InChI=1S/C22H24N2OS/c1-22(2,3)16-10-11-17-18(14-23)21(26-19(17)13-16)24-20(25)12-9-15-7-5-4-6-8-15/h4-9,12,16H,10-11,13H2,1-3H3,(H,24,25)/b12-9+/t16-/m0/s1. The summed E-state index contributed by atoms with van der Waals surface area (Å²) >= 11 is 1.57. The highest BCUT2D eigenvalue weighted by Gasteiger charge is 2.32. The van der Waals surface area contributed by atoms with Gasteiger partial charge in [0, 0.05) is 11.0 Å². The number of thiophene rings is 1. The maximum Gasteiger partial charge on any atom is 0.249 e. The molecule has 0 spiro atoms. The lowest BCUT2D eigenvalue weighted by molar-refractivity contribution is -0.111. The lowest BCUT2D eigenvalue weighted by Crippen LogP contribution is -2.26. The Morgan fingerprint density at radius 2 is 2.04 bits per heavy atom. The largest absolute Gasteiger partial charge is 0.313 e. The monoisotopic (exact) mass is 364 g/mol. The van der Waals surface area contributed by atoms with Gasteiger partial charge in [0.2, 0.25) is 5.91 Å². The highest BCUT2D eigenvalue weighted by molar-refractivity contribution is 7.16. The molecule has 1 heterocycles. The van der Waals surface area contributed by atoms with Gasteiger partial charge in [-0.3, -0.25) is 4.79 Å². The van der Waals surface area contributed by atoms with Crippen molar-refractivity contribution in [2.24, 2.45) is 11.3 Å². The Balaban J connectivity index is 1.77. The minimum Gasteiger partial charge on any atom is -0.313 e. The smallest absolute Gasteiger partial charge is 0.249 e. The number of hydrogen-bond donors (Lipinski definition) is 1. The van der Waals surface area contributed by atoms with Crippen molar-refractivity contribution in [3.05, 3.63) is 58.0 Å². The van der Waals surface area contributed by atoms with Crippen LogP contribution in [-0.2, 0) is 17.6 Å². The van der Waals surface area contributed by atoms with E-state index in [0.717, 1.165) is 30.4 Å². The van der Waals surface area contributed by atoms with Crippen molar-refractivity contribution < 1.29 is 4.79 Å². The summed E-state index contributed by atoms with van der Waals surface area (Å²) in [6, 6.07) is 12.0. The summed E-state index contributed by atoms with van der Waals surface area (Å²) in [4.78, 5) is 13.5. The fraction of sp³-hybridized carbons (Fsp3) is 0.364. The van der Waals surface area contributed by atoms with Gasteiger partial charge in [0.15, 0.2) is 0 Å². The summed E-state index contributed by atoms with van der Waals surface area (Å²) < 4.78 is 0. The number of rotatable bonds is 3. The van der Waals surface area contributed by atoms with Crippen molar-refractivity contribution >= 4 is 28.3 Å². The first-order valence-electron chi connectivity index (χ1n) is 8.97. The van der Waals surface area contributed by atoms with E-state index in [0.29, 0.717) is 16.5 Å². The van der Waals surface area contributed by atoms with E-state index >= 15 is 0 Å². The van der Waals surface area contributed by atoms with Crippen molar-refractivity contribution in [2.75, 3.05) is 5.32 Å². The van der Waals surface area contributed by atoms with Gasteiger partial charge in [-0.1, -0.05) is 51.1 Å². The molecule has 3 rings (SSSR count). The second kappa shape index (κ2) is 7.47. The predicted molar refractivity (Wildman–Crippen MR) is 108 cm³/mol. The van der Waals surface area contributed by atoms with Gasteiger partial charge in [-0.25, -0.2) is 0 Å². The molecule has 1 N–H and O–H groups in total. The highest BCUT2D eigenvalue weighted by atomic mass is 32.1. The average molecular weight is 365 g/mol. The molecule has 3 nitrogen and oxygen atoms in total. The molecular formula is C22H24N2OS. The minimum atomic E-state index is -0.198. The zero-order valence-corrected chi connectivity index (χ0v) is 16.3. The fourth-order valence-electron chi connectivity index (χ4n) is 3.42. The van der Waals surface area contributed by atoms with Gasteiger partial charge in [0.1, 0.15) is 11.1 Å². The Morgan fingerprint density at radius 3 is 2.69 bits per heavy atom. The van der Waals surface area contributed by atoms with E-state index in [1.807, 2.05) is 30.3 Å². The SMILES string of the molecule is CC(C)(C)[C@H]1CCc2c(sc(NC(=O)/C=C/c3ccccc3)c2C#N)C1. The number of anilines is 1. The number of amides is 1. The molecule has 1 amide bonds. The van der Waals surface area contributed by atoms with E-state index in [9.17, 15) is 10.1 Å². The van der Waals surface area contributed by atoms with E-state index in [4.69, 9.17) is 0 Å². The number of carbonyl (C=O) groups is 1. The normalized spacial score (nSPS) is 16.9. The van der Waals surface area contributed by atoms with Gasteiger partial charge >= 0.3 is 0 Å². The molecule has 0 fully saturated rings. The number of nitriles is 1. The van der Waals surface area contributed by atoms with Crippen LogP contribution in [0.2, 0.25) is 0 Å². The first kappa shape index (κ1) is 18.4. The van der Waals surface area contributed by atoms with E-state index < -0.39 is 0 Å². The number of nitrogens with zero attached hydrogens (tertiary/aromatic N) is 1. The Kier molecular flexibility index (Phi) is 5.29. The van der Waals surface area contributed by atoms with E-state index in [-0.39, 0.29) is 11.3 Å². The zero-order valence-electron chi connectivity index (χ0n) is 15.5. The van der Waals surface area contributed by atoms with Gasteiger partial charge < -0.3 is 5.32 Å². The molecule has 134 valence electrons. The van der Waals surface area contributed by atoms with Crippen molar-refractivity contribution in [3.8, 4) is 6.07 Å². The van der Waals surface area contributed by atoms with Crippen LogP contribution >= 0.6 is 11.3 Å². The van der Waals surface area contributed by atoms with Crippen LogP contribution in [0.5, 0.6) is 0 Å². The maximum absolute atomic E-state index is 12.3. The molecule has 0 bridgehead atoms. The van der Waals surface area contributed by atoms with Crippen molar-refractivity contribution in [1.82, 2.24) is 0 Å². The first-order valence-corrected chi connectivity index (χ1v) is 9.79. The fourth-order valence-corrected chi connectivity index (χ4v) is 4.70. The molecule has 0 radical (unpaired) electrons. The van der Waals surface area contributed by atoms with Crippen molar-refractivity contribution in [1.29, 1.82) is 5.26 Å². The van der Waals surface area contributed by atoms with Gasteiger partial charge in [-0.15, -0.1) is 11.3 Å². The van der Waals surface area contributed by atoms with Crippen molar-refractivity contribution in [3.63, 3.8) is 0 Å². The molecule has 1 aromatic heterocycles. The average Bonchev–Trinajstić information content (AvgIpc) is 2.96. The maximum atomic E-state index is 12.3. The molecular weight excluding hydrogens is 340 g/mol. The second-order valence-corrected chi connectivity index (χ2v) is 8.96. The van der Waals surface area contributed by atoms with Crippen LogP contribution in [0.15, 0.2) is 36.4 Å². The first-order chi connectivity index (χ1) is 12.4. The van der Waals surface area contributed by atoms with Crippen molar-refractivity contribution in [2.45, 2.75) is 40.0 Å². The Labute approximate surface area is 159 Å². The molecule has 2 aromatic rings. The van der Waals surface area contributed by atoms with Crippen LogP contribution in [0, 0.1) is 22.7 Å². The molecule has 1 aliphatic rings. The van der Waals surface area contributed by atoms with Crippen LogP contribution in [0.1, 0.15) is 48.8 Å². The summed E-state index contributed by atoms with van der Waals surface area (Å²) in [5.41, 5.74) is 3.02. The number of hydrogen-bond acceptors (Lipinski definition) is 3. The summed E-state index contributed by atoms with van der Waals surface area (Å²) in [7, 11) is 0. The van der Waals surface area contributed by atoms with Gasteiger partial charge in [-0.2, -0.15) is 5.26 Å². The van der Waals surface area contributed by atoms with Crippen LogP contribution in [0.3, 0.4) is 0 Å². The minimum absolute atomic E-state index is 0.198. The van der Waals surface area contributed by atoms with Gasteiger partial charge in [0.25, 0.3) is 0 Å². The lowest BCUT2D eigenvalue weighted by Gasteiger charge is -2.33. The summed E-state index contributed by atoms with van der Waals surface area (Å²) in [6.07, 6.45) is 6.32. The van der Waals surface area contributed by atoms with E-state index in [2.05, 4.69) is 32.2 Å². The Bertz CT molecular complexity index is 866. The highest BCUT2D eigenvalue weighted by Crippen LogP contribution is 2.43. The quantitative estimate of drug-likeness (QED) is 0.739. The van der Waals surface area contributed by atoms with Crippen LogP contribution in [0.25, 0.3) is 6.08 Å². The van der Waals surface area contributed by atoms with E-state index in [1.165, 1.54) is 11.0 Å². The predicted octanol–water partition coefficient (Wildman–Crippen LogP) is 5.42. The van der Waals surface area contributed by atoms with Crippen LogP contribution in [-0.4, -0.2) is 5.91 Å². The summed E-state index contributed by atoms with van der Waals surface area (Å²) in [5.74, 6) is 0.415. The summed E-state index contributed by atoms with van der Waals surface area (Å²) in [6.45, 7) is 6.83. The lowest BCUT2D eigenvalue weighted by atomic mass is 9.72. The molecule has 1 atom stereocenters. The topological polar surface area (TPSA) is 52.9 Å². The van der Waals surface area contributed by atoms with Crippen LogP contribution in [0.4, 0.5) is 5.00 Å². The molecule has 0 saturated carbocycles.